The Hall–Kier alpha value is -2.08. The van der Waals surface area contributed by atoms with Gasteiger partial charge in [0, 0.05) is 29.6 Å². The van der Waals surface area contributed by atoms with Gasteiger partial charge in [0.2, 0.25) is 0 Å². The number of aromatic nitrogens is 1. The first-order chi connectivity index (χ1) is 10.1. The average Bonchev–Trinajstić information content (AvgIpc) is 2.91. The molecule has 0 atom stereocenters. The van der Waals surface area contributed by atoms with Crippen LogP contribution in [0.4, 0.5) is 0 Å². The Morgan fingerprint density at radius 3 is 2.67 bits per heavy atom. The van der Waals surface area contributed by atoms with Crippen LogP contribution in [0.5, 0.6) is 11.5 Å². The molecule has 112 valence electrons. The lowest BCUT2D eigenvalue weighted by molar-refractivity contribution is 0.0954. The van der Waals surface area contributed by atoms with E-state index in [9.17, 15) is 4.79 Å². The molecule has 21 heavy (non-hydrogen) atoms. The van der Waals surface area contributed by atoms with Gasteiger partial charge in [-0.25, -0.2) is 4.98 Å². The monoisotopic (exact) mass is 306 g/mol. The molecule has 0 radical (unpaired) electrons. The minimum atomic E-state index is -0.128. The number of rotatable bonds is 6. The predicted molar refractivity (Wildman–Crippen MR) is 82.4 cm³/mol. The summed E-state index contributed by atoms with van der Waals surface area (Å²) < 4.78 is 10.3. The lowest BCUT2D eigenvalue weighted by Crippen LogP contribution is -2.25. The molecule has 0 bridgehead atoms. The summed E-state index contributed by atoms with van der Waals surface area (Å²) in [6.07, 6.45) is 2.63. The van der Waals surface area contributed by atoms with Crippen molar-refractivity contribution in [3.8, 4) is 11.5 Å². The maximum atomic E-state index is 12.1. The molecule has 2 rings (SSSR count). The summed E-state index contributed by atoms with van der Waals surface area (Å²) in [6.45, 7) is 2.55. The van der Waals surface area contributed by atoms with Crippen molar-refractivity contribution in [3.05, 3.63) is 39.8 Å². The molecule has 0 saturated carbocycles. The molecule has 1 aromatic carbocycles. The second kappa shape index (κ2) is 7.08. The number of benzene rings is 1. The molecule has 0 aliphatic rings. The number of carbonyl (C=O) groups is 1. The number of carbonyl (C=O) groups excluding carboxylic acids is 1. The van der Waals surface area contributed by atoms with Gasteiger partial charge in [-0.2, -0.15) is 0 Å². The highest BCUT2D eigenvalue weighted by molar-refractivity contribution is 7.11. The van der Waals surface area contributed by atoms with Crippen molar-refractivity contribution in [2.45, 2.75) is 13.3 Å². The van der Waals surface area contributed by atoms with Gasteiger partial charge in [0.05, 0.1) is 19.2 Å². The molecule has 0 aliphatic heterocycles. The molecule has 5 nitrogen and oxygen atoms in total. The Morgan fingerprint density at radius 1 is 1.29 bits per heavy atom. The summed E-state index contributed by atoms with van der Waals surface area (Å²) in [7, 11) is 3.11. The van der Waals surface area contributed by atoms with Crippen molar-refractivity contribution in [2.24, 2.45) is 0 Å². The zero-order valence-electron chi connectivity index (χ0n) is 12.3. The first-order valence-electron chi connectivity index (χ1n) is 6.55. The number of thiazole rings is 1. The van der Waals surface area contributed by atoms with Crippen molar-refractivity contribution in [1.29, 1.82) is 0 Å². The Labute approximate surface area is 127 Å². The Morgan fingerprint density at radius 2 is 2.05 bits per heavy atom. The number of nitrogens with one attached hydrogen (secondary N) is 1. The number of nitrogens with zero attached hydrogens (tertiary/aromatic N) is 1. The van der Waals surface area contributed by atoms with Gasteiger partial charge >= 0.3 is 0 Å². The van der Waals surface area contributed by atoms with Crippen LogP contribution in [0, 0.1) is 6.92 Å². The van der Waals surface area contributed by atoms with Gasteiger partial charge in [0.1, 0.15) is 0 Å². The second-order valence-electron chi connectivity index (χ2n) is 4.42. The third kappa shape index (κ3) is 3.95. The lowest BCUT2D eigenvalue weighted by Gasteiger charge is -2.09. The molecular formula is C15H18N2O3S. The van der Waals surface area contributed by atoms with Crippen LogP contribution < -0.4 is 14.8 Å². The van der Waals surface area contributed by atoms with E-state index in [1.54, 1.807) is 43.8 Å². The van der Waals surface area contributed by atoms with Crippen molar-refractivity contribution < 1.29 is 14.3 Å². The minimum absolute atomic E-state index is 0.128. The number of ether oxygens (including phenoxy) is 2. The van der Waals surface area contributed by atoms with Gasteiger partial charge in [0.25, 0.3) is 5.91 Å². The maximum absolute atomic E-state index is 12.1. The molecule has 1 heterocycles. The highest BCUT2D eigenvalue weighted by atomic mass is 32.1. The molecule has 0 aliphatic carbocycles. The number of hydrogen-bond donors (Lipinski definition) is 1. The van der Waals surface area contributed by atoms with Crippen LogP contribution in [0.1, 0.15) is 20.2 Å². The van der Waals surface area contributed by atoms with Gasteiger partial charge in [-0.15, -0.1) is 11.3 Å². The van der Waals surface area contributed by atoms with Crippen LogP contribution >= 0.6 is 11.3 Å². The number of methoxy groups -OCH3 is 2. The van der Waals surface area contributed by atoms with Gasteiger partial charge < -0.3 is 14.8 Å². The third-order valence-electron chi connectivity index (χ3n) is 2.97. The molecule has 1 amide bonds. The molecule has 6 heteroatoms. The predicted octanol–water partition coefficient (Wildman–Crippen LogP) is 2.44. The highest BCUT2D eigenvalue weighted by Crippen LogP contribution is 2.27. The summed E-state index contributed by atoms with van der Waals surface area (Å²) in [5, 5.41) is 3.93. The van der Waals surface area contributed by atoms with E-state index in [4.69, 9.17) is 9.47 Å². The maximum Gasteiger partial charge on any atom is 0.251 e. The van der Waals surface area contributed by atoms with E-state index in [0.29, 0.717) is 23.6 Å². The standard InChI is InChI=1S/C15H18N2O3S/c1-10-17-9-12(21-10)6-7-16-15(18)11-4-5-13(19-2)14(8-11)20-3/h4-5,8-9H,6-7H2,1-3H3,(H,16,18). The quantitative estimate of drug-likeness (QED) is 0.890. The molecule has 0 unspecified atom stereocenters. The summed E-state index contributed by atoms with van der Waals surface area (Å²) in [6, 6.07) is 5.11. The largest absolute Gasteiger partial charge is 0.493 e. The van der Waals surface area contributed by atoms with Crippen LogP contribution in [0.15, 0.2) is 24.4 Å². The van der Waals surface area contributed by atoms with Crippen LogP contribution in [0.3, 0.4) is 0 Å². The van der Waals surface area contributed by atoms with Crippen LogP contribution in [0.2, 0.25) is 0 Å². The van der Waals surface area contributed by atoms with Crippen molar-refractivity contribution in [2.75, 3.05) is 20.8 Å². The Bertz CT molecular complexity index is 625. The Balaban J connectivity index is 1.93. The lowest BCUT2D eigenvalue weighted by atomic mass is 10.2. The van der Waals surface area contributed by atoms with E-state index in [0.717, 1.165) is 11.4 Å². The molecule has 2 aromatic rings. The van der Waals surface area contributed by atoms with E-state index in [-0.39, 0.29) is 5.91 Å². The van der Waals surface area contributed by atoms with E-state index in [1.165, 1.54) is 4.88 Å². The fourth-order valence-corrected chi connectivity index (χ4v) is 2.69. The molecule has 0 spiro atoms. The van der Waals surface area contributed by atoms with E-state index in [2.05, 4.69) is 10.3 Å². The molecule has 0 fully saturated rings. The fourth-order valence-electron chi connectivity index (χ4n) is 1.90. The first-order valence-corrected chi connectivity index (χ1v) is 7.37. The minimum Gasteiger partial charge on any atom is -0.493 e. The van der Waals surface area contributed by atoms with Crippen LogP contribution in [-0.2, 0) is 6.42 Å². The average molecular weight is 306 g/mol. The van der Waals surface area contributed by atoms with Crippen molar-refractivity contribution in [3.63, 3.8) is 0 Å². The topological polar surface area (TPSA) is 60.5 Å². The van der Waals surface area contributed by atoms with E-state index >= 15 is 0 Å². The Kier molecular flexibility index (Phi) is 5.16. The fraction of sp³-hybridized carbons (Fsp3) is 0.333. The summed E-state index contributed by atoms with van der Waals surface area (Å²) in [5.41, 5.74) is 0.549. The summed E-state index contributed by atoms with van der Waals surface area (Å²) >= 11 is 1.65. The van der Waals surface area contributed by atoms with Gasteiger partial charge in [-0.05, 0) is 25.1 Å². The SMILES string of the molecule is COc1ccc(C(=O)NCCc2cnc(C)s2)cc1OC. The number of aryl methyl sites for hydroxylation is 1. The summed E-state index contributed by atoms with van der Waals surface area (Å²) in [4.78, 5) is 17.4. The van der Waals surface area contributed by atoms with Crippen molar-refractivity contribution >= 4 is 17.2 Å². The van der Waals surface area contributed by atoms with Gasteiger partial charge in [-0.3, -0.25) is 4.79 Å². The number of amides is 1. The normalized spacial score (nSPS) is 10.2. The highest BCUT2D eigenvalue weighted by Gasteiger charge is 2.10. The smallest absolute Gasteiger partial charge is 0.251 e. The van der Waals surface area contributed by atoms with Crippen molar-refractivity contribution in [1.82, 2.24) is 10.3 Å². The first kappa shape index (κ1) is 15.3. The van der Waals surface area contributed by atoms with Crippen LogP contribution in [-0.4, -0.2) is 31.7 Å². The third-order valence-corrected chi connectivity index (χ3v) is 3.94. The molecule has 0 saturated heterocycles. The van der Waals surface area contributed by atoms with E-state index < -0.39 is 0 Å². The molecular weight excluding hydrogens is 288 g/mol. The zero-order chi connectivity index (χ0) is 15.2. The van der Waals surface area contributed by atoms with Crippen LogP contribution in [0.25, 0.3) is 0 Å². The summed E-state index contributed by atoms with van der Waals surface area (Å²) in [5.74, 6) is 1.02. The molecule has 1 N–H and O–H groups in total. The van der Waals surface area contributed by atoms with Gasteiger partial charge in [-0.1, -0.05) is 0 Å². The molecule has 1 aromatic heterocycles. The van der Waals surface area contributed by atoms with Gasteiger partial charge in [0.15, 0.2) is 11.5 Å². The van der Waals surface area contributed by atoms with E-state index in [1.807, 2.05) is 13.1 Å². The second-order valence-corrected chi connectivity index (χ2v) is 5.74. The zero-order valence-corrected chi connectivity index (χ0v) is 13.1. The number of hydrogen-bond acceptors (Lipinski definition) is 5.